The van der Waals surface area contributed by atoms with Crippen molar-refractivity contribution in [3.05, 3.63) is 77.8 Å². The molecule has 8 nitrogen and oxygen atoms in total. The summed E-state index contributed by atoms with van der Waals surface area (Å²) in [5, 5.41) is 6.89. The molecular formula is C24H24F2N6O2. The Labute approximate surface area is 195 Å². The quantitative estimate of drug-likeness (QED) is 0.454. The number of nitrogens with zero attached hydrogens (tertiary/aromatic N) is 5. The summed E-state index contributed by atoms with van der Waals surface area (Å²) in [4.78, 5) is 21.1. The van der Waals surface area contributed by atoms with Crippen LogP contribution in [0.4, 0.5) is 14.6 Å². The largest absolute Gasteiger partial charge is 0.379 e. The van der Waals surface area contributed by atoms with Gasteiger partial charge in [0.1, 0.15) is 5.82 Å². The molecule has 1 aliphatic rings. The van der Waals surface area contributed by atoms with E-state index in [-0.39, 0.29) is 0 Å². The van der Waals surface area contributed by atoms with Crippen molar-refractivity contribution in [2.75, 3.05) is 31.6 Å². The molecule has 0 atom stereocenters. The number of benzene rings is 1. The molecule has 0 unspecified atom stereocenters. The molecule has 176 valence electrons. The van der Waals surface area contributed by atoms with E-state index in [1.165, 1.54) is 6.07 Å². The van der Waals surface area contributed by atoms with Crippen molar-refractivity contribution in [2.45, 2.75) is 13.5 Å². The van der Waals surface area contributed by atoms with Crippen molar-refractivity contribution in [1.29, 1.82) is 0 Å². The van der Waals surface area contributed by atoms with E-state index in [2.05, 4.69) is 25.3 Å². The fourth-order valence-corrected chi connectivity index (χ4v) is 3.49. The van der Waals surface area contributed by atoms with E-state index < -0.39 is 11.6 Å². The first-order valence-electron chi connectivity index (χ1n) is 10.8. The number of fused-ring (bicyclic) bond motifs is 1. The van der Waals surface area contributed by atoms with Gasteiger partial charge >= 0.3 is 0 Å². The normalized spacial score (nSPS) is 13.9. The number of aryl methyl sites for hydroxylation is 1. The number of rotatable bonds is 5. The third-order valence-corrected chi connectivity index (χ3v) is 5.25. The van der Waals surface area contributed by atoms with Crippen LogP contribution in [0.15, 0.2) is 54.7 Å². The lowest BCUT2D eigenvalue weighted by atomic mass is 10.1. The molecule has 0 aliphatic carbocycles. The zero-order valence-corrected chi connectivity index (χ0v) is 18.6. The number of aromatic nitrogens is 4. The monoisotopic (exact) mass is 466 g/mol. The van der Waals surface area contributed by atoms with Gasteiger partial charge in [-0.1, -0.05) is 6.07 Å². The molecule has 0 spiro atoms. The Kier molecular flexibility index (Phi) is 7.51. The minimum Gasteiger partial charge on any atom is -0.379 e. The highest BCUT2D eigenvalue weighted by atomic mass is 19.2. The summed E-state index contributed by atoms with van der Waals surface area (Å²) < 4.78 is 33.0. The van der Waals surface area contributed by atoms with Crippen LogP contribution >= 0.6 is 0 Å². The van der Waals surface area contributed by atoms with Crippen LogP contribution in [0.3, 0.4) is 0 Å². The van der Waals surface area contributed by atoms with E-state index in [0.717, 1.165) is 62.0 Å². The Morgan fingerprint density at radius 3 is 2.68 bits per heavy atom. The maximum atomic E-state index is 13.2. The number of hydrogen-bond donors (Lipinski definition) is 1. The molecule has 4 heterocycles. The minimum atomic E-state index is -0.878. The van der Waals surface area contributed by atoms with Crippen LogP contribution < -0.4 is 5.32 Å². The number of halogens is 2. The van der Waals surface area contributed by atoms with Crippen LogP contribution in [0, 0.1) is 18.6 Å². The fraction of sp³-hybridized carbons (Fsp3) is 0.250. The Hall–Kier alpha value is -3.76. The third kappa shape index (κ3) is 5.77. The Morgan fingerprint density at radius 2 is 1.91 bits per heavy atom. The predicted molar refractivity (Wildman–Crippen MR) is 123 cm³/mol. The standard InChI is InChI=1S/C13H9F2N3.C11H15N3O2/c1-8-7-16-13-5-4-12(17-18(8)13)9-2-3-10(14)11(15)6-9;15-9-12-11-3-1-2-10(13-11)8-14-4-6-16-7-5-14/h2-7H,1H3;1-3,9H,4-8H2,(H,12,13,15). The molecule has 1 saturated heterocycles. The van der Waals surface area contributed by atoms with Crippen LogP contribution in [0.5, 0.6) is 0 Å². The molecule has 1 amide bonds. The maximum Gasteiger partial charge on any atom is 0.212 e. The second-order valence-electron chi connectivity index (χ2n) is 7.68. The van der Waals surface area contributed by atoms with Gasteiger partial charge in [0.15, 0.2) is 17.3 Å². The molecule has 1 N–H and O–H groups in total. The molecular weight excluding hydrogens is 442 g/mol. The van der Waals surface area contributed by atoms with Gasteiger partial charge in [-0.25, -0.2) is 23.3 Å². The van der Waals surface area contributed by atoms with Gasteiger partial charge in [-0.3, -0.25) is 9.69 Å². The van der Waals surface area contributed by atoms with Gasteiger partial charge in [-0.15, -0.1) is 0 Å². The van der Waals surface area contributed by atoms with Crippen LogP contribution in [-0.2, 0) is 16.1 Å². The summed E-state index contributed by atoms with van der Waals surface area (Å²) in [6.07, 6.45) is 2.35. The average molecular weight is 466 g/mol. The number of imidazole rings is 1. The predicted octanol–water partition coefficient (Wildman–Crippen LogP) is 3.47. The highest BCUT2D eigenvalue weighted by Crippen LogP contribution is 2.20. The van der Waals surface area contributed by atoms with Crippen molar-refractivity contribution in [3.8, 4) is 11.3 Å². The molecule has 5 rings (SSSR count). The number of anilines is 1. The van der Waals surface area contributed by atoms with Crippen LogP contribution in [0.25, 0.3) is 16.9 Å². The van der Waals surface area contributed by atoms with Crippen LogP contribution in [-0.4, -0.2) is 57.2 Å². The number of amides is 1. The number of pyridine rings is 1. The average Bonchev–Trinajstić information content (AvgIpc) is 3.22. The van der Waals surface area contributed by atoms with Gasteiger partial charge in [-0.05, 0) is 49.4 Å². The number of carbonyl (C=O) groups excluding carboxylic acids is 1. The lowest BCUT2D eigenvalue weighted by molar-refractivity contribution is -0.105. The van der Waals surface area contributed by atoms with Crippen molar-refractivity contribution >= 4 is 17.9 Å². The molecule has 4 aromatic rings. The Balaban J connectivity index is 0.000000162. The van der Waals surface area contributed by atoms with Crippen LogP contribution in [0.1, 0.15) is 11.4 Å². The second-order valence-corrected chi connectivity index (χ2v) is 7.68. The summed E-state index contributed by atoms with van der Waals surface area (Å²) in [5.41, 5.74) is 3.67. The highest BCUT2D eigenvalue weighted by molar-refractivity contribution is 5.68. The fourth-order valence-electron chi connectivity index (χ4n) is 3.49. The minimum absolute atomic E-state index is 0.531. The van der Waals surface area contributed by atoms with E-state index in [4.69, 9.17) is 4.74 Å². The first-order valence-corrected chi connectivity index (χ1v) is 10.8. The molecule has 10 heteroatoms. The summed E-state index contributed by atoms with van der Waals surface area (Å²) in [7, 11) is 0. The van der Waals surface area contributed by atoms with Gasteiger partial charge in [0.05, 0.1) is 36.5 Å². The van der Waals surface area contributed by atoms with Crippen LogP contribution in [0.2, 0.25) is 0 Å². The molecule has 0 saturated carbocycles. The summed E-state index contributed by atoms with van der Waals surface area (Å²) in [5.74, 6) is -1.14. The number of morpholine rings is 1. The molecule has 0 radical (unpaired) electrons. The lowest BCUT2D eigenvalue weighted by Crippen LogP contribution is -2.35. The molecule has 0 bridgehead atoms. The van der Waals surface area contributed by atoms with Gasteiger partial charge in [-0.2, -0.15) is 5.10 Å². The maximum absolute atomic E-state index is 13.2. The Morgan fingerprint density at radius 1 is 1.09 bits per heavy atom. The summed E-state index contributed by atoms with van der Waals surface area (Å²) in [6.45, 7) is 6.12. The zero-order chi connectivity index (χ0) is 23.9. The first kappa shape index (κ1) is 23.4. The van der Waals surface area contributed by atoms with E-state index in [0.29, 0.717) is 23.5 Å². The number of nitrogens with one attached hydrogen (secondary N) is 1. The van der Waals surface area contributed by atoms with Gasteiger partial charge in [0, 0.05) is 25.2 Å². The van der Waals surface area contributed by atoms with Gasteiger partial charge < -0.3 is 10.1 Å². The summed E-state index contributed by atoms with van der Waals surface area (Å²) in [6, 6.07) is 12.9. The van der Waals surface area contributed by atoms with Crippen molar-refractivity contribution < 1.29 is 18.3 Å². The first-order chi connectivity index (χ1) is 16.5. The van der Waals surface area contributed by atoms with Crippen molar-refractivity contribution in [2.24, 2.45) is 0 Å². The van der Waals surface area contributed by atoms with E-state index in [9.17, 15) is 13.6 Å². The molecule has 1 aliphatic heterocycles. The molecule has 1 fully saturated rings. The Bertz CT molecular complexity index is 1270. The van der Waals surface area contributed by atoms with E-state index in [1.54, 1.807) is 28.9 Å². The van der Waals surface area contributed by atoms with Gasteiger partial charge in [0.2, 0.25) is 6.41 Å². The number of hydrogen-bond acceptors (Lipinski definition) is 6. The van der Waals surface area contributed by atoms with Crippen molar-refractivity contribution in [1.82, 2.24) is 24.5 Å². The second kappa shape index (κ2) is 10.9. The number of carbonyl (C=O) groups is 1. The van der Waals surface area contributed by atoms with E-state index in [1.807, 2.05) is 19.1 Å². The summed E-state index contributed by atoms with van der Waals surface area (Å²) >= 11 is 0. The zero-order valence-electron chi connectivity index (χ0n) is 18.6. The third-order valence-electron chi connectivity index (χ3n) is 5.25. The number of ether oxygens (including phenoxy) is 1. The highest BCUT2D eigenvalue weighted by Gasteiger charge is 2.11. The SMILES string of the molecule is Cc1cnc2ccc(-c3ccc(F)c(F)c3)nn12.O=CNc1cccc(CN2CCOCC2)n1. The van der Waals surface area contributed by atoms with Gasteiger partial charge in [0.25, 0.3) is 0 Å². The molecule has 3 aromatic heterocycles. The molecule has 34 heavy (non-hydrogen) atoms. The van der Waals surface area contributed by atoms with Crippen molar-refractivity contribution in [3.63, 3.8) is 0 Å². The lowest BCUT2D eigenvalue weighted by Gasteiger charge is -2.26. The smallest absolute Gasteiger partial charge is 0.212 e. The molecule has 1 aromatic carbocycles. The topological polar surface area (TPSA) is 84.7 Å². The van der Waals surface area contributed by atoms with E-state index >= 15 is 0 Å².